The molecule has 0 aliphatic carbocycles. The average Bonchev–Trinajstić information content (AvgIpc) is 2.55. The van der Waals surface area contributed by atoms with Crippen molar-refractivity contribution in [2.24, 2.45) is 0 Å². The summed E-state index contributed by atoms with van der Waals surface area (Å²) in [7, 11) is 0. The number of pyridine rings is 1. The highest BCUT2D eigenvalue weighted by Crippen LogP contribution is 2.16. The van der Waals surface area contributed by atoms with Crippen molar-refractivity contribution in [3.63, 3.8) is 0 Å². The van der Waals surface area contributed by atoms with Gasteiger partial charge in [-0.3, -0.25) is 0 Å². The molecule has 4 nitrogen and oxygen atoms in total. The van der Waals surface area contributed by atoms with Crippen LogP contribution in [0.4, 0.5) is 0 Å². The summed E-state index contributed by atoms with van der Waals surface area (Å²) in [5.74, 6) is -0.376. The van der Waals surface area contributed by atoms with Gasteiger partial charge in [0.2, 0.25) is 0 Å². The molecule has 0 amide bonds. The lowest BCUT2D eigenvalue weighted by molar-refractivity contribution is 0.00627. The molecular weight excluding hydrogens is 216 g/mol. The lowest BCUT2D eigenvalue weighted by atomic mass is 10.2. The number of rotatable bonds is 1. The summed E-state index contributed by atoms with van der Waals surface area (Å²) < 4.78 is 7.19. The molecule has 2 heterocycles. The van der Waals surface area contributed by atoms with E-state index in [-0.39, 0.29) is 5.97 Å². The van der Waals surface area contributed by atoms with Crippen molar-refractivity contribution in [1.29, 1.82) is 0 Å². The van der Waals surface area contributed by atoms with E-state index in [0.717, 1.165) is 11.3 Å². The predicted octanol–water partition coefficient (Wildman–Crippen LogP) is 2.60. The third-order valence-electron chi connectivity index (χ3n) is 2.36. The summed E-state index contributed by atoms with van der Waals surface area (Å²) in [6, 6.07) is 5.65. The first-order valence-corrected chi connectivity index (χ1v) is 5.55. The Balaban J connectivity index is 2.43. The second-order valence-electron chi connectivity index (χ2n) is 4.98. The predicted molar refractivity (Wildman–Crippen MR) is 65.1 cm³/mol. The molecule has 0 aliphatic rings. The topological polar surface area (TPSA) is 43.6 Å². The minimum atomic E-state index is -0.501. The third kappa shape index (κ3) is 2.30. The Morgan fingerprint density at radius 2 is 2.06 bits per heavy atom. The third-order valence-corrected chi connectivity index (χ3v) is 2.36. The van der Waals surface area contributed by atoms with Gasteiger partial charge in [0, 0.05) is 6.20 Å². The highest BCUT2D eigenvalue weighted by Gasteiger charge is 2.22. The highest BCUT2D eigenvalue weighted by molar-refractivity contribution is 5.89. The normalized spacial score (nSPS) is 11.8. The molecule has 2 aromatic heterocycles. The summed E-state index contributed by atoms with van der Waals surface area (Å²) >= 11 is 0. The van der Waals surface area contributed by atoms with Crippen LogP contribution >= 0.6 is 0 Å². The number of carbonyl (C=O) groups is 1. The van der Waals surface area contributed by atoms with Crippen molar-refractivity contribution >= 4 is 11.6 Å². The van der Waals surface area contributed by atoms with Crippen LogP contribution in [-0.4, -0.2) is 21.0 Å². The molecule has 0 bridgehead atoms. The van der Waals surface area contributed by atoms with Gasteiger partial charge in [0.05, 0.1) is 5.69 Å². The van der Waals surface area contributed by atoms with E-state index in [1.807, 2.05) is 56.5 Å². The van der Waals surface area contributed by atoms with E-state index in [0.29, 0.717) is 5.69 Å². The van der Waals surface area contributed by atoms with Crippen LogP contribution in [0.5, 0.6) is 0 Å². The fourth-order valence-electron chi connectivity index (χ4n) is 1.64. The lowest BCUT2D eigenvalue weighted by Gasteiger charge is -2.18. The van der Waals surface area contributed by atoms with Gasteiger partial charge in [-0.25, -0.2) is 9.78 Å². The second kappa shape index (κ2) is 3.87. The summed E-state index contributed by atoms with van der Waals surface area (Å²) in [4.78, 5) is 16.2. The summed E-state index contributed by atoms with van der Waals surface area (Å²) in [5, 5.41) is 0. The quantitative estimate of drug-likeness (QED) is 0.710. The van der Waals surface area contributed by atoms with Crippen molar-refractivity contribution in [2.75, 3.05) is 0 Å². The number of aryl methyl sites for hydroxylation is 1. The number of ether oxygens (including phenoxy) is 1. The number of hydrogen-bond donors (Lipinski definition) is 0. The molecule has 0 saturated heterocycles. The first-order valence-electron chi connectivity index (χ1n) is 5.55. The SMILES string of the molecule is Cc1c(C(=O)OC(C)(C)C)nc2ccccn12. The molecule has 2 aromatic rings. The minimum Gasteiger partial charge on any atom is -0.455 e. The fraction of sp³-hybridized carbons (Fsp3) is 0.385. The number of nitrogens with zero attached hydrogens (tertiary/aromatic N) is 2. The molecule has 17 heavy (non-hydrogen) atoms. The number of hydrogen-bond acceptors (Lipinski definition) is 3. The average molecular weight is 232 g/mol. The van der Waals surface area contributed by atoms with Gasteiger partial charge in [-0.05, 0) is 39.8 Å². The van der Waals surface area contributed by atoms with Gasteiger partial charge in [0.1, 0.15) is 11.2 Å². The van der Waals surface area contributed by atoms with Crippen molar-refractivity contribution < 1.29 is 9.53 Å². The number of carbonyl (C=O) groups excluding carboxylic acids is 1. The Kier molecular flexibility index (Phi) is 2.65. The van der Waals surface area contributed by atoms with Gasteiger partial charge >= 0.3 is 5.97 Å². The molecule has 90 valence electrons. The molecule has 0 aromatic carbocycles. The largest absolute Gasteiger partial charge is 0.455 e. The van der Waals surface area contributed by atoms with Crippen molar-refractivity contribution in [1.82, 2.24) is 9.38 Å². The van der Waals surface area contributed by atoms with Gasteiger partial charge in [0.15, 0.2) is 5.69 Å². The molecule has 0 radical (unpaired) electrons. The van der Waals surface area contributed by atoms with E-state index in [4.69, 9.17) is 4.74 Å². The van der Waals surface area contributed by atoms with Crippen LogP contribution in [-0.2, 0) is 4.74 Å². The number of fused-ring (bicyclic) bond motifs is 1. The zero-order valence-electron chi connectivity index (χ0n) is 10.5. The Morgan fingerprint density at radius 3 is 2.65 bits per heavy atom. The van der Waals surface area contributed by atoms with Crippen LogP contribution in [0.25, 0.3) is 5.65 Å². The Hall–Kier alpha value is -1.84. The smallest absolute Gasteiger partial charge is 0.359 e. The molecule has 0 spiro atoms. The van der Waals surface area contributed by atoms with Crippen LogP contribution in [0, 0.1) is 6.92 Å². The highest BCUT2D eigenvalue weighted by atomic mass is 16.6. The van der Waals surface area contributed by atoms with Crippen LogP contribution < -0.4 is 0 Å². The van der Waals surface area contributed by atoms with Crippen molar-refractivity contribution in [2.45, 2.75) is 33.3 Å². The van der Waals surface area contributed by atoms with Crippen LogP contribution in [0.1, 0.15) is 37.0 Å². The monoisotopic (exact) mass is 232 g/mol. The Labute approximate surface area is 100 Å². The molecule has 0 atom stereocenters. The fourth-order valence-corrected chi connectivity index (χ4v) is 1.64. The van der Waals surface area contributed by atoms with Gasteiger partial charge in [-0.2, -0.15) is 0 Å². The zero-order valence-corrected chi connectivity index (χ0v) is 10.5. The molecule has 0 aliphatic heterocycles. The van der Waals surface area contributed by atoms with Gasteiger partial charge in [-0.15, -0.1) is 0 Å². The van der Waals surface area contributed by atoms with Crippen molar-refractivity contribution in [3.05, 3.63) is 35.8 Å². The Morgan fingerprint density at radius 1 is 1.35 bits per heavy atom. The number of imidazole rings is 1. The summed E-state index contributed by atoms with van der Waals surface area (Å²) in [5.41, 5.74) is 1.44. The van der Waals surface area contributed by atoms with Crippen LogP contribution in [0.15, 0.2) is 24.4 Å². The maximum Gasteiger partial charge on any atom is 0.359 e. The van der Waals surface area contributed by atoms with E-state index < -0.39 is 5.60 Å². The number of esters is 1. The Bertz CT molecular complexity index is 564. The molecule has 0 saturated carbocycles. The second-order valence-corrected chi connectivity index (χ2v) is 4.98. The zero-order chi connectivity index (χ0) is 12.6. The first kappa shape index (κ1) is 11.6. The first-order chi connectivity index (χ1) is 7.88. The summed E-state index contributed by atoms with van der Waals surface area (Å²) in [6.07, 6.45) is 1.88. The standard InChI is InChI=1S/C13H16N2O2/c1-9-11(12(16)17-13(2,3)4)14-10-7-5-6-8-15(9)10/h5-8H,1-4H3. The van der Waals surface area contributed by atoms with E-state index in [1.54, 1.807) is 0 Å². The molecule has 4 heteroatoms. The van der Waals surface area contributed by atoms with Crippen LogP contribution in [0.2, 0.25) is 0 Å². The molecule has 0 unspecified atom stereocenters. The van der Waals surface area contributed by atoms with E-state index in [9.17, 15) is 4.79 Å². The maximum atomic E-state index is 12.0. The number of aromatic nitrogens is 2. The molecule has 2 rings (SSSR count). The molecule has 0 fully saturated rings. The van der Waals surface area contributed by atoms with Crippen molar-refractivity contribution in [3.8, 4) is 0 Å². The van der Waals surface area contributed by atoms with E-state index in [1.165, 1.54) is 0 Å². The summed E-state index contributed by atoms with van der Waals surface area (Å²) in [6.45, 7) is 7.39. The maximum absolute atomic E-state index is 12.0. The lowest BCUT2D eigenvalue weighted by Crippen LogP contribution is -2.24. The minimum absolute atomic E-state index is 0.376. The van der Waals surface area contributed by atoms with Gasteiger partial charge in [-0.1, -0.05) is 6.07 Å². The van der Waals surface area contributed by atoms with E-state index >= 15 is 0 Å². The van der Waals surface area contributed by atoms with Crippen LogP contribution in [0.3, 0.4) is 0 Å². The van der Waals surface area contributed by atoms with Gasteiger partial charge in [0.25, 0.3) is 0 Å². The van der Waals surface area contributed by atoms with Gasteiger partial charge < -0.3 is 9.14 Å². The van der Waals surface area contributed by atoms with E-state index in [2.05, 4.69) is 4.98 Å². The molecular formula is C13H16N2O2. The molecule has 0 N–H and O–H groups in total.